The summed E-state index contributed by atoms with van der Waals surface area (Å²) in [5, 5.41) is 2.76. The number of halogens is 1. The fourth-order valence-corrected chi connectivity index (χ4v) is 1.21. The van der Waals surface area contributed by atoms with Crippen LogP contribution in [0, 0.1) is 5.41 Å². The molecule has 0 atom stereocenters. The first-order chi connectivity index (χ1) is 7.86. The zero-order chi connectivity index (χ0) is 13.1. The molecule has 0 fully saturated rings. The lowest BCUT2D eigenvalue weighted by atomic mass is 9.92. The number of hydrogen-bond acceptors (Lipinski definition) is 3. The molecule has 18 heavy (non-hydrogen) atoms. The molecule has 0 spiro atoms. The second-order valence-corrected chi connectivity index (χ2v) is 4.68. The lowest BCUT2D eigenvalue weighted by molar-refractivity contribution is -0.123. The summed E-state index contributed by atoms with van der Waals surface area (Å²) in [6, 6.07) is 6.86. The van der Waals surface area contributed by atoms with E-state index in [2.05, 4.69) is 5.32 Å². The highest BCUT2D eigenvalue weighted by Crippen LogP contribution is 2.18. The van der Waals surface area contributed by atoms with Gasteiger partial charge in [-0.2, -0.15) is 0 Å². The Morgan fingerprint density at radius 1 is 1.33 bits per heavy atom. The average Bonchev–Trinajstić information content (AvgIpc) is 2.29. The van der Waals surface area contributed by atoms with Crippen molar-refractivity contribution in [1.82, 2.24) is 0 Å². The lowest BCUT2D eigenvalue weighted by Gasteiger charge is -2.21. The molecule has 0 bridgehead atoms. The largest absolute Gasteiger partial charge is 0.329 e. The molecule has 0 radical (unpaired) electrons. The van der Waals surface area contributed by atoms with Crippen molar-refractivity contribution in [3.05, 3.63) is 29.8 Å². The van der Waals surface area contributed by atoms with Gasteiger partial charge in [-0.1, -0.05) is 12.1 Å². The molecule has 5 heteroatoms. The molecule has 0 aliphatic rings. The Labute approximate surface area is 113 Å². The molecule has 0 aliphatic heterocycles. The van der Waals surface area contributed by atoms with Crippen molar-refractivity contribution < 1.29 is 9.59 Å². The quantitative estimate of drug-likeness (QED) is 0.824. The third kappa shape index (κ3) is 4.13. The van der Waals surface area contributed by atoms with Crippen molar-refractivity contribution in [3.63, 3.8) is 0 Å². The molecule has 0 saturated carbocycles. The Balaban J connectivity index is 0.00000289. The van der Waals surface area contributed by atoms with Crippen LogP contribution in [0.1, 0.15) is 31.1 Å². The first-order valence-electron chi connectivity index (χ1n) is 5.49. The third-order valence-corrected chi connectivity index (χ3v) is 2.65. The fourth-order valence-electron chi connectivity index (χ4n) is 1.21. The molecule has 1 rings (SSSR count). The predicted molar refractivity (Wildman–Crippen MR) is 75.2 cm³/mol. The summed E-state index contributed by atoms with van der Waals surface area (Å²) in [7, 11) is 0. The number of anilines is 1. The highest BCUT2D eigenvalue weighted by molar-refractivity contribution is 5.98. The van der Waals surface area contributed by atoms with Gasteiger partial charge >= 0.3 is 0 Å². The molecule has 100 valence electrons. The van der Waals surface area contributed by atoms with E-state index >= 15 is 0 Å². The summed E-state index contributed by atoms with van der Waals surface area (Å²) in [5.41, 5.74) is 6.10. The van der Waals surface area contributed by atoms with E-state index in [1.54, 1.807) is 38.1 Å². The van der Waals surface area contributed by atoms with E-state index in [0.717, 1.165) is 0 Å². The lowest BCUT2D eigenvalue weighted by Crippen LogP contribution is -2.37. The summed E-state index contributed by atoms with van der Waals surface area (Å²) >= 11 is 0. The second kappa shape index (κ2) is 6.52. The van der Waals surface area contributed by atoms with Gasteiger partial charge in [0.25, 0.3) is 0 Å². The normalized spacial score (nSPS) is 10.4. The maximum atomic E-state index is 11.9. The smallest absolute Gasteiger partial charge is 0.231 e. The van der Waals surface area contributed by atoms with Gasteiger partial charge in [-0.05, 0) is 32.9 Å². The van der Waals surface area contributed by atoms with Crippen molar-refractivity contribution in [2.24, 2.45) is 11.1 Å². The first-order valence-corrected chi connectivity index (χ1v) is 5.49. The number of ketones is 1. The molecule has 0 aromatic heterocycles. The van der Waals surface area contributed by atoms with E-state index in [-0.39, 0.29) is 30.6 Å². The Kier molecular flexibility index (Phi) is 6.01. The van der Waals surface area contributed by atoms with Crippen molar-refractivity contribution in [3.8, 4) is 0 Å². The molecule has 1 aromatic rings. The van der Waals surface area contributed by atoms with Crippen LogP contribution in [0.3, 0.4) is 0 Å². The SMILES string of the molecule is CC(=O)c1cccc(NC(=O)C(C)(C)CN)c1.Cl. The first kappa shape index (κ1) is 16.6. The molecule has 0 saturated heterocycles. The molecule has 1 amide bonds. The molecule has 3 N–H and O–H groups in total. The molecule has 4 nitrogen and oxygen atoms in total. The zero-order valence-corrected chi connectivity index (χ0v) is 11.6. The summed E-state index contributed by atoms with van der Waals surface area (Å²) < 4.78 is 0. The Hall–Kier alpha value is -1.39. The number of carbonyl (C=O) groups is 2. The van der Waals surface area contributed by atoms with E-state index in [9.17, 15) is 9.59 Å². The number of carbonyl (C=O) groups excluding carboxylic acids is 2. The van der Waals surface area contributed by atoms with E-state index in [1.807, 2.05) is 0 Å². The number of rotatable bonds is 4. The number of amides is 1. The Morgan fingerprint density at radius 3 is 2.44 bits per heavy atom. The molecule has 1 aromatic carbocycles. The number of nitrogens with two attached hydrogens (primary N) is 1. The number of hydrogen-bond donors (Lipinski definition) is 2. The number of nitrogens with one attached hydrogen (secondary N) is 1. The van der Waals surface area contributed by atoms with Gasteiger partial charge in [0.2, 0.25) is 5.91 Å². The third-order valence-electron chi connectivity index (χ3n) is 2.65. The summed E-state index contributed by atoms with van der Waals surface area (Å²) in [6.45, 7) is 5.31. The minimum Gasteiger partial charge on any atom is -0.329 e. The van der Waals surface area contributed by atoms with Crippen molar-refractivity contribution in [2.75, 3.05) is 11.9 Å². The highest BCUT2D eigenvalue weighted by atomic mass is 35.5. The maximum Gasteiger partial charge on any atom is 0.231 e. The Morgan fingerprint density at radius 2 is 1.94 bits per heavy atom. The van der Waals surface area contributed by atoms with E-state index in [1.165, 1.54) is 6.92 Å². The number of benzene rings is 1. The van der Waals surface area contributed by atoms with Gasteiger partial charge in [0.15, 0.2) is 5.78 Å². The second-order valence-electron chi connectivity index (χ2n) is 4.68. The van der Waals surface area contributed by atoms with Crippen LogP contribution in [0.4, 0.5) is 5.69 Å². The zero-order valence-electron chi connectivity index (χ0n) is 10.8. The van der Waals surface area contributed by atoms with Crippen LogP contribution in [0.5, 0.6) is 0 Å². The van der Waals surface area contributed by atoms with E-state index in [0.29, 0.717) is 11.3 Å². The van der Waals surface area contributed by atoms with Crippen LogP contribution in [0.25, 0.3) is 0 Å². The van der Waals surface area contributed by atoms with Crippen LogP contribution >= 0.6 is 12.4 Å². The summed E-state index contributed by atoms with van der Waals surface area (Å²) in [4.78, 5) is 23.1. The van der Waals surface area contributed by atoms with Gasteiger partial charge < -0.3 is 11.1 Å². The average molecular weight is 271 g/mol. The minimum absolute atomic E-state index is 0. The van der Waals surface area contributed by atoms with Crippen LogP contribution in [-0.2, 0) is 4.79 Å². The fraction of sp³-hybridized carbons (Fsp3) is 0.385. The number of Topliss-reactive ketones (excluding diaryl/α,β-unsaturated/α-hetero) is 1. The van der Waals surface area contributed by atoms with E-state index < -0.39 is 5.41 Å². The van der Waals surface area contributed by atoms with Crippen molar-refractivity contribution in [1.29, 1.82) is 0 Å². The van der Waals surface area contributed by atoms with Gasteiger partial charge in [-0.15, -0.1) is 12.4 Å². The van der Waals surface area contributed by atoms with Crippen molar-refractivity contribution in [2.45, 2.75) is 20.8 Å². The molecule has 0 aliphatic carbocycles. The van der Waals surface area contributed by atoms with Gasteiger partial charge in [0, 0.05) is 17.8 Å². The summed E-state index contributed by atoms with van der Waals surface area (Å²) in [5.74, 6) is -0.181. The van der Waals surface area contributed by atoms with Crippen molar-refractivity contribution >= 4 is 29.8 Å². The highest BCUT2D eigenvalue weighted by Gasteiger charge is 2.25. The maximum absolute atomic E-state index is 11.9. The molecule has 0 heterocycles. The van der Waals surface area contributed by atoms with Crippen LogP contribution in [0.15, 0.2) is 24.3 Å². The van der Waals surface area contributed by atoms with Crippen LogP contribution < -0.4 is 11.1 Å². The molecule has 0 unspecified atom stereocenters. The van der Waals surface area contributed by atoms with Crippen LogP contribution in [-0.4, -0.2) is 18.2 Å². The van der Waals surface area contributed by atoms with Gasteiger partial charge in [0.05, 0.1) is 5.41 Å². The molecular formula is C13H19ClN2O2. The van der Waals surface area contributed by atoms with Gasteiger partial charge in [0.1, 0.15) is 0 Å². The Bertz CT molecular complexity index is 444. The topological polar surface area (TPSA) is 72.2 Å². The monoisotopic (exact) mass is 270 g/mol. The minimum atomic E-state index is -0.619. The van der Waals surface area contributed by atoms with Gasteiger partial charge in [-0.3, -0.25) is 9.59 Å². The van der Waals surface area contributed by atoms with E-state index in [4.69, 9.17) is 5.73 Å². The predicted octanol–water partition coefficient (Wildman–Crippen LogP) is 2.23. The van der Waals surface area contributed by atoms with Gasteiger partial charge in [-0.25, -0.2) is 0 Å². The standard InChI is InChI=1S/C13H18N2O2.ClH/c1-9(16)10-5-4-6-11(7-10)15-12(17)13(2,3)8-14;/h4-7H,8,14H2,1-3H3,(H,15,17);1H. The van der Waals surface area contributed by atoms with Crippen LogP contribution in [0.2, 0.25) is 0 Å². The summed E-state index contributed by atoms with van der Waals surface area (Å²) in [6.07, 6.45) is 0. The molecular weight excluding hydrogens is 252 g/mol.